The topological polar surface area (TPSA) is 79.5 Å². The summed E-state index contributed by atoms with van der Waals surface area (Å²) in [7, 11) is 0. The number of nitrogens with zero attached hydrogens (tertiary/aromatic N) is 1. The van der Waals surface area contributed by atoms with Crippen molar-refractivity contribution in [2.45, 2.75) is 44.6 Å². The van der Waals surface area contributed by atoms with Gasteiger partial charge in [-0.05, 0) is 31.0 Å². The van der Waals surface area contributed by atoms with E-state index in [1.165, 1.54) is 25.7 Å². The van der Waals surface area contributed by atoms with Crippen molar-refractivity contribution in [1.29, 1.82) is 0 Å². The van der Waals surface area contributed by atoms with Crippen molar-refractivity contribution in [2.24, 2.45) is 10.7 Å². The van der Waals surface area contributed by atoms with Crippen molar-refractivity contribution in [3.63, 3.8) is 0 Å². The summed E-state index contributed by atoms with van der Waals surface area (Å²) in [6, 6.07) is 7.75. The smallest absolute Gasteiger partial charge is 0.251 e. The van der Waals surface area contributed by atoms with Gasteiger partial charge in [-0.25, -0.2) is 0 Å². The number of aliphatic imine (C=N–C) groups is 1. The van der Waals surface area contributed by atoms with Gasteiger partial charge in [-0.3, -0.25) is 9.79 Å². The van der Waals surface area contributed by atoms with Crippen molar-refractivity contribution in [3.05, 3.63) is 34.3 Å². The molecule has 2 rings (SSSR count). The maximum atomic E-state index is 12.0. The van der Waals surface area contributed by atoms with Crippen molar-refractivity contribution >= 4 is 27.8 Å². The summed E-state index contributed by atoms with van der Waals surface area (Å²) in [5.74, 6) is 0.380. The molecule has 0 atom stereocenters. The highest BCUT2D eigenvalue weighted by Crippen LogP contribution is 2.16. The molecule has 1 aromatic rings. The third-order valence-electron chi connectivity index (χ3n) is 3.97. The summed E-state index contributed by atoms with van der Waals surface area (Å²) in [5.41, 5.74) is 6.56. The van der Waals surface area contributed by atoms with E-state index in [0.717, 1.165) is 17.3 Å². The van der Waals surface area contributed by atoms with E-state index < -0.39 is 0 Å². The number of nitrogens with two attached hydrogens (primary N) is 1. The van der Waals surface area contributed by atoms with E-state index in [0.29, 0.717) is 30.7 Å². The number of hydrogen-bond acceptors (Lipinski definition) is 2. The molecule has 1 aliphatic carbocycles. The number of rotatable bonds is 5. The molecule has 0 saturated heterocycles. The first-order valence-electron chi connectivity index (χ1n) is 8.25. The molecular weight excluding hydrogens is 356 g/mol. The van der Waals surface area contributed by atoms with Gasteiger partial charge in [0.25, 0.3) is 5.91 Å². The van der Waals surface area contributed by atoms with Gasteiger partial charge < -0.3 is 16.4 Å². The van der Waals surface area contributed by atoms with E-state index in [9.17, 15) is 4.79 Å². The lowest BCUT2D eigenvalue weighted by Gasteiger charge is -2.16. The molecule has 1 aromatic carbocycles. The molecule has 0 spiro atoms. The van der Waals surface area contributed by atoms with E-state index in [2.05, 4.69) is 31.6 Å². The Hall–Kier alpha value is -1.56. The van der Waals surface area contributed by atoms with Crippen molar-refractivity contribution in [2.75, 3.05) is 13.1 Å². The average Bonchev–Trinajstić information content (AvgIpc) is 2.80. The lowest BCUT2D eigenvalue weighted by molar-refractivity contribution is 0.0954. The Bertz CT molecular complexity index is 539. The molecule has 0 heterocycles. The minimum absolute atomic E-state index is 0.100. The van der Waals surface area contributed by atoms with Gasteiger partial charge in [-0.1, -0.05) is 47.7 Å². The van der Waals surface area contributed by atoms with Crippen LogP contribution in [0.2, 0.25) is 0 Å². The molecule has 1 amide bonds. The first-order valence-corrected chi connectivity index (χ1v) is 9.04. The summed E-state index contributed by atoms with van der Waals surface area (Å²) < 4.78 is 0.889. The minimum atomic E-state index is -0.100. The zero-order chi connectivity index (χ0) is 16.5. The van der Waals surface area contributed by atoms with Crippen LogP contribution in [-0.2, 0) is 0 Å². The van der Waals surface area contributed by atoms with Gasteiger partial charge in [0.1, 0.15) is 0 Å². The van der Waals surface area contributed by atoms with Crippen LogP contribution in [0.4, 0.5) is 0 Å². The van der Waals surface area contributed by atoms with Crippen LogP contribution in [0.15, 0.2) is 33.7 Å². The van der Waals surface area contributed by atoms with Crippen LogP contribution >= 0.6 is 15.9 Å². The third kappa shape index (κ3) is 6.60. The van der Waals surface area contributed by atoms with Crippen LogP contribution in [0.1, 0.15) is 48.9 Å². The fraction of sp³-hybridized carbons (Fsp3) is 0.529. The molecule has 1 fully saturated rings. The van der Waals surface area contributed by atoms with Gasteiger partial charge in [0, 0.05) is 22.6 Å². The summed E-state index contributed by atoms with van der Waals surface area (Å²) in [4.78, 5) is 16.3. The predicted molar refractivity (Wildman–Crippen MR) is 97.6 cm³/mol. The number of amides is 1. The van der Waals surface area contributed by atoms with Gasteiger partial charge in [-0.15, -0.1) is 0 Å². The Morgan fingerprint density at radius 3 is 2.70 bits per heavy atom. The lowest BCUT2D eigenvalue weighted by Crippen LogP contribution is -2.40. The second kappa shape index (κ2) is 9.55. The van der Waals surface area contributed by atoms with E-state index in [-0.39, 0.29) is 5.91 Å². The molecule has 1 aliphatic rings. The van der Waals surface area contributed by atoms with Gasteiger partial charge in [0.15, 0.2) is 5.96 Å². The first-order chi connectivity index (χ1) is 11.1. The first kappa shape index (κ1) is 17.8. The van der Waals surface area contributed by atoms with Crippen LogP contribution < -0.4 is 16.4 Å². The second-order valence-electron chi connectivity index (χ2n) is 5.87. The normalized spacial score (nSPS) is 16.7. The highest BCUT2D eigenvalue weighted by atomic mass is 79.9. The van der Waals surface area contributed by atoms with Crippen LogP contribution in [0, 0.1) is 0 Å². The molecule has 0 aliphatic heterocycles. The van der Waals surface area contributed by atoms with Crippen molar-refractivity contribution in [1.82, 2.24) is 10.6 Å². The molecule has 23 heavy (non-hydrogen) atoms. The maximum absolute atomic E-state index is 12.0. The second-order valence-corrected chi connectivity index (χ2v) is 6.78. The van der Waals surface area contributed by atoms with Gasteiger partial charge >= 0.3 is 0 Å². The Labute approximate surface area is 146 Å². The molecule has 0 unspecified atom stereocenters. The maximum Gasteiger partial charge on any atom is 0.251 e. The van der Waals surface area contributed by atoms with E-state index in [1.54, 1.807) is 12.1 Å². The zero-order valence-electron chi connectivity index (χ0n) is 13.4. The van der Waals surface area contributed by atoms with E-state index >= 15 is 0 Å². The number of benzene rings is 1. The zero-order valence-corrected chi connectivity index (χ0v) is 14.9. The molecule has 0 aromatic heterocycles. The number of nitrogens with one attached hydrogen (secondary N) is 2. The van der Waals surface area contributed by atoms with Crippen LogP contribution in [-0.4, -0.2) is 31.0 Å². The van der Waals surface area contributed by atoms with Gasteiger partial charge in [0.05, 0.1) is 6.54 Å². The molecule has 5 nitrogen and oxygen atoms in total. The Morgan fingerprint density at radius 1 is 1.26 bits per heavy atom. The molecule has 6 heteroatoms. The van der Waals surface area contributed by atoms with E-state index in [4.69, 9.17) is 5.73 Å². The lowest BCUT2D eigenvalue weighted by atomic mass is 10.1. The predicted octanol–water partition coefficient (Wildman–Crippen LogP) is 2.81. The minimum Gasteiger partial charge on any atom is -0.370 e. The quantitative estimate of drug-likeness (QED) is 0.318. The average molecular weight is 381 g/mol. The fourth-order valence-electron chi connectivity index (χ4n) is 2.76. The summed E-state index contributed by atoms with van der Waals surface area (Å²) in [5, 5.41) is 6.14. The molecule has 0 radical (unpaired) electrons. The van der Waals surface area contributed by atoms with Crippen molar-refractivity contribution < 1.29 is 4.79 Å². The van der Waals surface area contributed by atoms with Crippen LogP contribution in [0.5, 0.6) is 0 Å². The van der Waals surface area contributed by atoms with Crippen LogP contribution in [0.3, 0.4) is 0 Å². The largest absolute Gasteiger partial charge is 0.370 e. The number of halogens is 1. The number of guanidine groups is 1. The number of hydrogen-bond donors (Lipinski definition) is 3. The van der Waals surface area contributed by atoms with E-state index in [1.807, 2.05) is 12.1 Å². The number of carbonyl (C=O) groups is 1. The standard InChI is InChI=1S/C17H25BrN4O/c18-14-7-5-6-13(12-14)16(23)20-10-11-21-17(19)22-15-8-3-1-2-4-9-15/h5-7,12,15H,1-4,8-11H2,(H,20,23)(H3,19,21,22). The highest BCUT2D eigenvalue weighted by Gasteiger charge is 2.12. The van der Waals surface area contributed by atoms with Crippen molar-refractivity contribution in [3.8, 4) is 0 Å². The highest BCUT2D eigenvalue weighted by molar-refractivity contribution is 9.10. The Morgan fingerprint density at radius 2 is 2.00 bits per heavy atom. The fourth-order valence-corrected chi connectivity index (χ4v) is 3.16. The summed E-state index contributed by atoms with van der Waals surface area (Å²) >= 11 is 3.36. The van der Waals surface area contributed by atoms with Crippen LogP contribution in [0.25, 0.3) is 0 Å². The van der Waals surface area contributed by atoms with Gasteiger partial charge in [-0.2, -0.15) is 0 Å². The third-order valence-corrected chi connectivity index (χ3v) is 4.47. The molecule has 0 bridgehead atoms. The summed E-state index contributed by atoms with van der Waals surface area (Å²) in [6.07, 6.45) is 7.47. The SMILES string of the molecule is NC(=NCCNC(=O)c1cccc(Br)c1)NC1CCCCCC1. The number of carbonyl (C=O) groups excluding carboxylic acids is 1. The monoisotopic (exact) mass is 380 g/mol. The van der Waals surface area contributed by atoms with Gasteiger partial charge in [0.2, 0.25) is 0 Å². The molecule has 126 valence electrons. The Kier molecular flexibility index (Phi) is 7.39. The molecule has 1 saturated carbocycles. The Balaban J connectivity index is 1.69. The summed E-state index contributed by atoms with van der Waals surface area (Å²) in [6.45, 7) is 0.948. The molecular formula is C17H25BrN4O. The molecule has 4 N–H and O–H groups in total.